The molecular formula is C21H29N5O2. The lowest BCUT2D eigenvalue weighted by atomic mass is 10.00. The van der Waals surface area contributed by atoms with E-state index >= 15 is 0 Å². The summed E-state index contributed by atoms with van der Waals surface area (Å²) < 4.78 is 0. The van der Waals surface area contributed by atoms with Gasteiger partial charge in [-0.25, -0.2) is 9.79 Å². The van der Waals surface area contributed by atoms with Crippen LogP contribution in [0.3, 0.4) is 0 Å². The first-order valence-corrected chi connectivity index (χ1v) is 10.2. The van der Waals surface area contributed by atoms with Gasteiger partial charge in [-0.05, 0) is 36.9 Å². The van der Waals surface area contributed by atoms with E-state index in [-0.39, 0.29) is 24.1 Å². The first-order valence-electron chi connectivity index (χ1n) is 10.2. The van der Waals surface area contributed by atoms with Gasteiger partial charge in [0.1, 0.15) is 0 Å². The van der Waals surface area contributed by atoms with Gasteiger partial charge in [0, 0.05) is 33.7 Å². The molecule has 1 saturated heterocycles. The van der Waals surface area contributed by atoms with Crippen LogP contribution in [0.1, 0.15) is 30.4 Å². The number of aliphatic imine (C=N–C) groups is 1. The molecule has 3 aliphatic heterocycles. The molecule has 7 nitrogen and oxygen atoms in total. The summed E-state index contributed by atoms with van der Waals surface area (Å²) in [6.07, 6.45) is 5.81. The van der Waals surface area contributed by atoms with Gasteiger partial charge in [0.15, 0.2) is 12.2 Å². The van der Waals surface area contributed by atoms with Crippen LogP contribution in [0.25, 0.3) is 0 Å². The fourth-order valence-electron chi connectivity index (χ4n) is 4.45. The number of rotatable bonds is 6. The maximum Gasteiger partial charge on any atom is 0.328 e. The number of hydrogen-bond donors (Lipinski definition) is 0. The van der Waals surface area contributed by atoms with Gasteiger partial charge >= 0.3 is 6.03 Å². The average Bonchev–Trinajstić information content (AvgIpc) is 3.14. The number of hydrogen-bond acceptors (Lipinski definition) is 5. The van der Waals surface area contributed by atoms with Gasteiger partial charge in [-0.2, -0.15) is 0 Å². The molecule has 2 unspecified atom stereocenters. The Hall–Kier alpha value is -2.41. The summed E-state index contributed by atoms with van der Waals surface area (Å²) in [4.78, 5) is 36.3. The Balaban J connectivity index is 1.21. The van der Waals surface area contributed by atoms with Crippen LogP contribution >= 0.6 is 0 Å². The van der Waals surface area contributed by atoms with Crippen molar-refractivity contribution in [1.29, 1.82) is 0 Å². The Bertz CT molecular complexity index is 780. The van der Waals surface area contributed by atoms with Crippen LogP contribution in [0.5, 0.6) is 0 Å². The fraction of sp³-hybridized carbons (Fsp3) is 0.571. The van der Waals surface area contributed by atoms with Crippen molar-refractivity contribution in [2.24, 2.45) is 4.99 Å². The highest BCUT2D eigenvalue weighted by atomic mass is 16.2. The van der Waals surface area contributed by atoms with Crippen LogP contribution < -0.4 is 0 Å². The third-order valence-corrected chi connectivity index (χ3v) is 6.18. The molecule has 3 amide bonds. The summed E-state index contributed by atoms with van der Waals surface area (Å²) in [5, 5.41) is 0. The number of benzene rings is 1. The zero-order chi connectivity index (χ0) is 19.7. The maximum absolute atomic E-state index is 12.5. The van der Waals surface area contributed by atoms with Gasteiger partial charge in [0.2, 0.25) is 0 Å². The van der Waals surface area contributed by atoms with E-state index in [1.807, 2.05) is 4.90 Å². The maximum atomic E-state index is 12.5. The normalized spacial score (nSPS) is 24.7. The predicted octanol–water partition coefficient (Wildman–Crippen LogP) is 1.78. The van der Waals surface area contributed by atoms with Crippen LogP contribution in [0.15, 0.2) is 29.3 Å². The summed E-state index contributed by atoms with van der Waals surface area (Å²) >= 11 is 0. The third-order valence-electron chi connectivity index (χ3n) is 6.18. The van der Waals surface area contributed by atoms with E-state index in [1.165, 1.54) is 16.0 Å². The van der Waals surface area contributed by atoms with Gasteiger partial charge in [0.05, 0.1) is 6.34 Å². The van der Waals surface area contributed by atoms with Gasteiger partial charge in [-0.1, -0.05) is 30.7 Å². The Morgan fingerprint density at radius 2 is 1.79 bits per heavy atom. The lowest BCUT2D eigenvalue weighted by Crippen LogP contribution is -2.63. The molecule has 0 radical (unpaired) electrons. The Morgan fingerprint density at radius 1 is 1.04 bits per heavy atom. The molecule has 0 bridgehead atoms. The highest BCUT2D eigenvalue weighted by molar-refractivity contribution is 6.01. The van der Waals surface area contributed by atoms with Crippen molar-refractivity contribution in [3.05, 3.63) is 35.4 Å². The van der Waals surface area contributed by atoms with Crippen molar-refractivity contribution >= 4 is 18.3 Å². The molecule has 0 saturated carbocycles. The highest BCUT2D eigenvalue weighted by Crippen LogP contribution is 2.25. The first-order chi connectivity index (χ1) is 13.6. The smallest absolute Gasteiger partial charge is 0.328 e. The largest absolute Gasteiger partial charge is 0.347 e. The second kappa shape index (κ2) is 7.91. The van der Waals surface area contributed by atoms with E-state index in [0.29, 0.717) is 0 Å². The number of nitrogens with zero attached hydrogens (tertiary/aromatic N) is 5. The van der Waals surface area contributed by atoms with E-state index in [9.17, 15) is 9.59 Å². The van der Waals surface area contributed by atoms with E-state index in [4.69, 9.17) is 0 Å². The molecule has 0 spiro atoms. The summed E-state index contributed by atoms with van der Waals surface area (Å²) in [6, 6.07) is 8.09. The molecule has 1 aromatic rings. The molecule has 0 N–H and O–H groups in total. The minimum Gasteiger partial charge on any atom is -0.347 e. The number of imide groups is 1. The van der Waals surface area contributed by atoms with E-state index in [2.05, 4.69) is 34.2 Å². The molecule has 1 aromatic carbocycles. The Kier molecular flexibility index (Phi) is 5.35. The summed E-state index contributed by atoms with van der Waals surface area (Å²) in [6.45, 7) is 4.11. The van der Waals surface area contributed by atoms with Crippen LogP contribution in [0.2, 0.25) is 0 Å². The minimum absolute atomic E-state index is 0.155. The number of carbonyl (C=O) groups is 2. The molecule has 2 atom stereocenters. The Labute approximate surface area is 166 Å². The van der Waals surface area contributed by atoms with Gasteiger partial charge < -0.3 is 9.80 Å². The lowest BCUT2D eigenvalue weighted by molar-refractivity contribution is -0.136. The van der Waals surface area contributed by atoms with Crippen molar-refractivity contribution in [2.45, 2.75) is 44.4 Å². The molecule has 28 heavy (non-hydrogen) atoms. The number of fused-ring (bicyclic) bond motifs is 2. The van der Waals surface area contributed by atoms with Crippen molar-refractivity contribution < 1.29 is 9.59 Å². The number of carbonyl (C=O) groups excluding carboxylic acids is 2. The zero-order valence-corrected chi connectivity index (χ0v) is 16.8. The van der Waals surface area contributed by atoms with Gasteiger partial charge in [-0.3, -0.25) is 14.6 Å². The van der Waals surface area contributed by atoms with Gasteiger partial charge in [0.25, 0.3) is 5.91 Å². The van der Waals surface area contributed by atoms with Gasteiger partial charge in [-0.15, -0.1) is 0 Å². The summed E-state index contributed by atoms with van der Waals surface area (Å²) in [5.74, 6) is -0.155. The third kappa shape index (κ3) is 3.51. The van der Waals surface area contributed by atoms with E-state index in [0.717, 1.165) is 51.9 Å². The molecule has 3 aliphatic rings. The number of urea groups is 1. The molecule has 150 valence electrons. The fourth-order valence-corrected chi connectivity index (χ4v) is 4.45. The standard InChI is InChI=1S/C21H29N5O2/c1-23-19-18(20(27)24(2)21(23)28)26(15-22-19)12-7-3-6-11-25-13-10-16-8-4-5-9-17(16)14-25/h4-5,8-9,15,18-19H,3,6-7,10-14H2,1-2H3. The van der Waals surface area contributed by atoms with Crippen LogP contribution in [-0.2, 0) is 17.8 Å². The highest BCUT2D eigenvalue weighted by Gasteiger charge is 2.48. The molecule has 0 aliphatic carbocycles. The summed E-state index contributed by atoms with van der Waals surface area (Å²) in [7, 11) is 3.26. The minimum atomic E-state index is -0.385. The molecule has 0 aromatic heterocycles. The van der Waals surface area contributed by atoms with E-state index in [1.54, 1.807) is 25.3 Å². The topological polar surface area (TPSA) is 59.5 Å². The zero-order valence-electron chi connectivity index (χ0n) is 16.8. The van der Waals surface area contributed by atoms with Crippen LogP contribution in [-0.4, -0.2) is 83.8 Å². The second-order valence-corrected chi connectivity index (χ2v) is 8.01. The Morgan fingerprint density at radius 3 is 2.61 bits per heavy atom. The van der Waals surface area contributed by atoms with Crippen molar-refractivity contribution in [3.63, 3.8) is 0 Å². The number of likely N-dealkylation sites (N-methyl/N-ethyl adjacent to an activating group) is 2. The quantitative estimate of drug-likeness (QED) is 0.703. The second-order valence-electron chi connectivity index (χ2n) is 8.01. The number of amides is 3. The molecular weight excluding hydrogens is 354 g/mol. The van der Waals surface area contributed by atoms with Crippen LogP contribution in [0, 0.1) is 0 Å². The first kappa shape index (κ1) is 18.9. The molecule has 7 heteroatoms. The van der Waals surface area contributed by atoms with Crippen molar-refractivity contribution in [3.8, 4) is 0 Å². The average molecular weight is 383 g/mol. The molecule has 4 rings (SSSR count). The summed E-state index contributed by atoms with van der Waals surface area (Å²) in [5.41, 5.74) is 2.96. The van der Waals surface area contributed by atoms with E-state index < -0.39 is 0 Å². The lowest BCUT2D eigenvalue weighted by Gasteiger charge is -2.39. The molecule has 3 heterocycles. The van der Waals surface area contributed by atoms with Crippen LogP contribution in [0.4, 0.5) is 4.79 Å². The SMILES string of the molecule is CN1C(=O)C2C(N=CN2CCCCCN2CCc3ccccc3C2)N(C)C1=O. The number of unbranched alkanes of at least 4 members (excludes halogenated alkanes) is 2. The monoisotopic (exact) mass is 383 g/mol. The van der Waals surface area contributed by atoms with Crippen molar-refractivity contribution in [1.82, 2.24) is 19.6 Å². The predicted molar refractivity (Wildman–Crippen MR) is 108 cm³/mol. The van der Waals surface area contributed by atoms with Crippen molar-refractivity contribution in [2.75, 3.05) is 33.7 Å². The molecule has 1 fully saturated rings.